The number of hydrogen-bond donors (Lipinski definition) is 1. The summed E-state index contributed by atoms with van der Waals surface area (Å²) >= 11 is 0. The lowest BCUT2D eigenvalue weighted by molar-refractivity contribution is -0.127. The minimum Gasteiger partial charge on any atom is -0.392 e. The lowest BCUT2D eigenvalue weighted by atomic mass is 10.0. The van der Waals surface area contributed by atoms with Gasteiger partial charge >= 0.3 is 6.18 Å². The Morgan fingerprint density at radius 1 is 1.21 bits per heavy atom. The van der Waals surface area contributed by atoms with E-state index in [1.165, 1.54) is 12.1 Å². The highest BCUT2D eigenvalue weighted by Crippen LogP contribution is 2.24. The largest absolute Gasteiger partial charge is 0.393 e. The molecule has 0 aliphatic rings. The molecule has 1 rings (SSSR count). The Morgan fingerprint density at radius 2 is 1.86 bits per heavy atom. The SMILES string of the molecule is Cc1ccc(CO)c(CC(F)(F)F)c1. The molecule has 0 aliphatic carbocycles. The maximum atomic E-state index is 12.1. The first-order chi connectivity index (χ1) is 6.42. The summed E-state index contributed by atoms with van der Waals surface area (Å²) in [5, 5.41) is 8.84. The highest BCUT2D eigenvalue weighted by atomic mass is 19.4. The van der Waals surface area contributed by atoms with Crippen molar-refractivity contribution >= 4 is 0 Å². The first-order valence-corrected chi connectivity index (χ1v) is 4.18. The summed E-state index contributed by atoms with van der Waals surface area (Å²) in [5.41, 5.74) is 1.26. The normalized spacial score (nSPS) is 11.8. The highest BCUT2D eigenvalue weighted by Gasteiger charge is 2.28. The Labute approximate surface area is 80.2 Å². The summed E-state index contributed by atoms with van der Waals surface area (Å²) in [5.74, 6) is 0. The molecule has 0 amide bonds. The van der Waals surface area contributed by atoms with Crippen LogP contribution in [0.1, 0.15) is 16.7 Å². The average Bonchev–Trinajstić information content (AvgIpc) is 2.01. The predicted molar refractivity (Wildman–Crippen MR) is 46.9 cm³/mol. The van der Waals surface area contributed by atoms with E-state index < -0.39 is 12.6 Å². The lowest BCUT2D eigenvalue weighted by Gasteiger charge is -2.10. The number of rotatable bonds is 2. The molecule has 0 bridgehead atoms. The molecule has 0 atom stereocenters. The van der Waals surface area contributed by atoms with Gasteiger partial charge in [0.1, 0.15) is 0 Å². The van der Waals surface area contributed by atoms with Crippen LogP contribution in [0.4, 0.5) is 13.2 Å². The van der Waals surface area contributed by atoms with Crippen molar-refractivity contribution < 1.29 is 18.3 Å². The summed E-state index contributed by atoms with van der Waals surface area (Å²) < 4.78 is 36.3. The van der Waals surface area contributed by atoms with Crippen molar-refractivity contribution in [3.8, 4) is 0 Å². The smallest absolute Gasteiger partial charge is 0.392 e. The predicted octanol–water partition coefficient (Wildman–Crippen LogP) is 2.59. The highest BCUT2D eigenvalue weighted by molar-refractivity contribution is 5.31. The Bertz CT molecular complexity index is 318. The van der Waals surface area contributed by atoms with Gasteiger partial charge in [-0.25, -0.2) is 0 Å². The van der Waals surface area contributed by atoms with Crippen molar-refractivity contribution in [1.29, 1.82) is 0 Å². The van der Waals surface area contributed by atoms with E-state index in [4.69, 9.17) is 5.11 Å². The summed E-state index contributed by atoms with van der Waals surface area (Å²) in [6, 6.07) is 4.67. The van der Waals surface area contributed by atoms with Crippen LogP contribution in [0.5, 0.6) is 0 Å². The quantitative estimate of drug-likeness (QED) is 0.785. The van der Waals surface area contributed by atoms with E-state index in [9.17, 15) is 13.2 Å². The fourth-order valence-electron chi connectivity index (χ4n) is 1.29. The van der Waals surface area contributed by atoms with Crippen molar-refractivity contribution in [2.24, 2.45) is 0 Å². The molecule has 0 heterocycles. The molecule has 1 aromatic rings. The van der Waals surface area contributed by atoms with Gasteiger partial charge in [-0.2, -0.15) is 13.2 Å². The molecule has 0 spiro atoms. The fraction of sp³-hybridized carbons (Fsp3) is 0.400. The van der Waals surface area contributed by atoms with Crippen LogP contribution in [-0.2, 0) is 13.0 Å². The van der Waals surface area contributed by atoms with Gasteiger partial charge in [-0.1, -0.05) is 23.8 Å². The number of alkyl halides is 3. The fourth-order valence-corrected chi connectivity index (χ4v) is 1.29. The van der Waals surface area contributed by atoms with E-state index in [1.54, 1.807) is 13.0 Å². The van der Waals surface area contributed by atoms with Crippen LogP contribution in [0, 0.1) is 6.92 Å². The molecule has 1 aromatic carbocycles. The monoisotopic (exact) mass is 204 g/mol. The zero-order valence-corrected chi connectivity index (χ0v) is 7.73. The maximum Gasteiger partial charge on any atom is 0.393 e. The van der Waals surface area contributed by atoms with Gasteiger partial charge in [-0.05, 0) is 18.1 Å². The Morgan fingerprint density at radius 3 is 2.36 bits per heavy atom. The van der Waals surface area contributed by atoms with Crippen molar-refractivity contribution in [2.75, 3.05) is 0 Å². The molecule has 0 saturated heterocycles. The third kappa shape index (κ3) is 3.03. The Hall–Kier alpha value is -1.03. The van der Waals surface area contributed by atoms with Crippen LogP contribution in [-0.4, -0.2) is 11.3 Å². The average molecular weight is 204 g/mol. The van der Waals surface area contributed by atoms with E-state index in [0.717, 1.165) is 5.56 Å². The molecule has 0 unspecified atom stereocenters. The van der Waals surface area contributed by atoms with Crippen LogP contribution in [0.15, 0.2) is 18.2 Å². The van der Waals surface area contributed by atoms with Gasteiger partial charge in [-0.3, -0.25) is 0 Å². The zero-order chi connectivity index (χ0) is 10.8. The first-order valence-electron chi connectivity index (χ1n) is 4.18. The van der Waals surface area contributed by atoms with Crippen molar-refractivity contribution in [3.05, 3.63) is 34.9 Å². The van der Waals surface area contributed by atoms with Crippen LogP contribution in [0.2, 0.25) is 0 Å². The molecule has 14 heavy (non-hydrogen) atoms. The van der Waals surface area contributed by atoms with Crippen molar-refractivity contribution in [1.82, 2.24) is 0 Å². The molecule has 0 radical (unpaired) electrons. The number of aryl methyl sites for hydroxylation is 1. The second kappa shape index (κ2) is 4.00. The van der Waals surface area contributed by atoms with Crippen LogP contribution in [0.25, 0.3) is 0 Å². The zero-order valence-electron chi connectivity index (χ0n) is 7.73. The van der Waals surface area contributed by atoms with E-state index >= 15 is 0 Å². The number of hydrogen-bond acceptors (Lipinski definition) is 1. The lowest BCUT2D eigenvalue weighted by Crippen LogP contribution is -2.13. The first kappa shape index (κ1) is 11.0. The maximum absolute atomic E-state index is 12.1. The molecular weight excluding hydrogens is 193 g/mol. The molecule has 1 N–H and O–H groups in total. The number of aliphatic hydroxyl groups is 1. The van der Waals surface area contributed by atoms with Gasteiger partial charge in [0.25, 0.3) is 0 Å². The standard InChI is InChI=1S/C10H11F3O/c1-7-2-3-8(6-14)9(4-7)5-10(11,12)13/h2-4,14H,5-6H2,1H3. The van der Waals surface area contributed by atoms with Gasteiger partial charge in [-0.15, -0.1) is 0 Å². The summed E-state index contributed by atoms with van der Waals surface area (Å²) in [4.78, 5) is 0. The van der Waals surface area contributed by atoms with E-state index in [0.29, 0.717) is 5.56 Å². The minimum atomic E-state index is -4.22. The van der Waals surface area contributed by atoms with Crippen molar-refractivity contribution in [3.63, 3.8) is 0 Å². The van der Waals surface area contributed by atoms with Gasteiger partial charge < -0.3 is 5.11 Å². The van der Waals surface area contributed by atoms with E-state index in [-0.39, 0.29) is 12.2 Å². The third-order valence-electron chi connectivity index (χ3n) is 1.92. The summed E-state index contributed by atoms with van der Waals surface area (Å²) in [6.07, 6.45) is -5.21. The van der Waals surface area contributed by atoms with Gasteiger partial charge in [0, 0.05) is 0 Å². The molecule has 0 fully saturated rings. The van der Waals surface area contributed by atoms with Gasteiger partial charge in [0.15, 0.2) is 0 Å². The van der Waals surface area contributed by atoms with Crippen LogP contribution in [0.3, 0.4) is 0 Å². The van der Waals surface area contributed by atoms with E-state index in [2.05, 4.69) is 0 Å². The molecule has 0 aliphatic heterocycles. The topological polar surface area (TPSA) is 20.2 Å². The Balaban J connectivity index is 2.99. The van der Waals surface area contributed by atoms with Gasteiger partial charge in [0.2, 0.25) is 0 Å². The molecule has 0 saturated carbocycles. The molecule has 4 heteroatoms. The number of aliphatic hydroxyl groups excluding tert-OH is 1. The molecule has 0 aromatic heterocycles. The van der Waals surface area contributed by atoms with Crippen LogP contribution >= 0.6 is 0 Å². The summed E-state index contributed by atoms with van der Waals surface area (Å²) in [7, 11) is 0. The molecular formula is C10H11F3O. The number of benzene rings is 1. The minimum absolute atomic E-state index is 0.153. The molecule has 1 nitrogen and oxygen atoms in total. The van der Waals surface area contributed by atoms with Crippen molar-refractivity contribution in [2.45, 2.75) is 26.1 Å². The number of halogens is 3. The Kier molecular flexibility index (Phi) is 3.16. The second-order valence-electron chi connectivity index (χ2n) is 3.22. The van der Waals surface area contributed by atoms with Gasteiger partial charge in [0.05, 0.1) is 13.0 Å². The molecule has 78 valence electrons. The summed E-state index contributed by atoms with van der Waals surface area (Å²) in [6.45, 7) is 1.37. The second-order valence-corrected chi connectivity index (χ2v) is 3.22. The van der Waals surface area contributed by atoms with E-state index in [1.807, 2.05) is 0 Å². The van der Waals surface area contributed by atoms with Crippen LogP contribution < -0.4 is 0 Å². The third-order valence-corrected chi connectivity index (χ3v) is 1.92.